The Balaban J connectivity index is 1.58. The Morgan fingerprint density at radius 2 is 2.19 bits per heavy atom. The molecule has 0 amide bonds. The zero-order valence-corrected chi connectivity index (χ0v) is 17.5. The highest BCUT2D eigenvalue weighted by molar-refractivity contribution is 7.99. The second-order valence-corrected chi connectivity index (χ2v) is 8.90. The molecule has 1 saturated carbocycles. The highest BCUT2D eigenvalue weighted by Gasteiger charge is 2.29. The lowest BCUT2D eigenvalue weighted by atomic mass is 9.85. The number of carbonyl (C=O) groups excluding carboxylic acids is 1. The molecule has 0 spiro atoms. The number of hydrogen-bond acceptors (Lipinski definition) is 5. The van der Waals surface area contributed by atoms with Crippen molar-refractivity contribution in [1.82, 2.24) is 0 Å². The largest absolute Gasteiger partial charge is 0.460 e. The third-order valence-electron chi connectivity index (χ3n) is 5.43. The van der Waals surface area contributed by atoms with Crippen LogP contribution in [-0.4, -0.2) is 49.5 Å². The molecule has 5 heteroatoms. The van der Waals surface area contributed by atoms with Crippen LogP contribution >= 0.6 is 11.8 Å². The SMILES string of the molecule is CC/C(C)=C/C1CC[C@H](SCCCOCC2CCCC(=O)O2)[C@H](OC)C1. The maximum Gasteiger partial charge on any atom is 0.306 e. The second kappa shape index (κ2) is 12.0. The minimum absolute atomic E-state index is 0.0308. The van der Waals surface area contributed by atoms with Crippen LogP contribution < -0.4 is 0 Å². The minimum Gasteiger partial charge on any atom is -0.460 e. The smallest absolute Gasteiger partial charge is 0.306 e. The predicted molar refractivity (Wildman–Crippen MR) is 108 cm³/mol. The maximum absolute atomic E-state index is 11.2. The summed E-state index contributed by atoms with van der Waals surface area (Å²) in [5.41, 5.74) is 1.50. The lowest BCUT2D eigenvalue weighted by Gasteiger charge is -2.34. The van der Waals surface area contributed by atoms with Crippen molar-refractivity contribution in [3.8, 4) is 0 Å². The molecule has 0 aromatic rings. The van der Waals surface area contributed by atoms with Crippen LogP contribution in [0.25, 0.3) is 0 Å². The van der Waals surface area contributed by atoms with Gasteiger partial charge < -0.3 is 14.2 Å². The first-order chi connectivity index (χ1) is 12.6. The Bertz CT molecular complexity index is 451. The Hall–Kier alpha value is -0.520. The molecule has 4 atom stereocenters. The molecule has 2 rings (SSSR count). The molecule has 26 heavy (non-hydrogen) atoms. The molecule has 0 aromatic carbocycles. The van der Waals surface area contributed by atoms with E-state index < -0.39 is 0 Å². The summed E-state index contributed by atoms with van der Waals surface area (Å²) in [6.45, 7) is 5.75. The molecular formula is C21H36O4S. The van der Waals surface area contributed by atoms with Crippen LogP contribution in [0.1, 0.15) is 65.2 Å². The highest BCUT2D eigenvalue weighted by Crippen LogP contribution is 2.35. The number of allylic oxidation sites excluding steroid dienone is 2. The molecule has 2 unspecified atom stereocenters. The van der Waals surface area contributed by atoms with Crippen molar-refractivity contribution in [3.63, 3.8) is 0 Å². The first kappa shape index (κ1) is 21.8. The summed E-state index contributed by atoms with van der Waals surface area (Å²) in [6.07, 6.45) is 11.1. The molecule has 0 bridgehead atoms. The third-order valence-corrected chi connectivity index (χ3v) is 6.92. The fourth-order valence-corrected chi connectivity index (χ4v) is 5.08. The molecular weight excluding hydrogens is 348 g/mol. The van der Waals surface area contributed by atoms with Crippen LogP contribution in [0.4, 0.5) is 0 Å². The number of esters is 1. The standard InChI is InChI=1S/C21H36O4S/c1-4-16(2)13-17-9-10-20(19(14-17)23-3)26-12-6-11-24-15-18-7-5-8-21(22)25-18/h13,17-20H,4-12,14-15H2,1-3H3/b16-13+/t17?,18?,19-,20+/m1/s1. The lowest BCUT2D eigenvalue weighted by Crippen LogP contribution is -2.33. The Morgan fingerprint density at radius 1 is 1.35 bits per heavy atom. The Morgan fingerprint density at radius 3 is 2.92 bits per heavy atom. The number of ether oxygens (including phenoxy) is 3. The first-order valence-electron chi connectivity index (χ1n) is 10.2. The number of thioether (sulfide) groups is 1. The van der Waals surface area contributed by atoms with Gasteiger partial charge in [-0.05, 0) is 63.5 Å². The zero-order valence-electron chi connectivity index (χ0n) is 16.7. The van der Waals surface area contributed by atoms with E-state index in [1.165, 1.54) is 18.4 Å². The van der Waals surface area contributed by atoms with Gasteiger partial charge in [-0.25, -0.2) is 0 Å². The van der Waals surface area contributed by atoms with Crippen LogP contribution in [0.5, 0.6) is 0 Å². The van der Waals surface area contributed by atoms with Crippen molar-refractivity contribution < 1.29 is 19.0 Å². The van der Waals surface area contributed by atoms with E-state index >= 15 is 0 Å². The number of methoxy groups -OCH3 is 1. The third kappa shape index (κ3) is 7.61. The fourth-order valence-electron chi connectivity index (χ4n) is 3.75. The molecule has 2 aliphatic rings. The van der Waals surface area contributed by atoms with Crippen molar-refractivity contribution in [2.24, 2.45) is 5.92 Å². The van der Waals surface area contributed by atoms with E-state index in [1.807, 2.05) is 18.9 Å². The van der Waals surface area contributed by atoms with Gasteiger partial charge in [-0.2, -0.15) is 11.8 Å². The van der Waals surface area contributed by atoms with Gasteiger partial charge >= 0.3 is 5.97 Å². The topological polar surface area (TPSA) is 44.8 Å². The molecule has 1 aliphatic carbocycles. The van der Waals surface area contributed by atoms with Gasteiger partial charge in [0.05, 0.1) is 12.7 Å². The van der Waals surface area contributed by atoms with Crippen molar-refractivity contribution in [3.05, 3.63) is 11.6 Å². The van der Waals surface area contributed by atoms with Crippen molar-refractivity contribution >= 4 is 17.7 Å². The number of hydrogen-bond donors (Lipinski definition) is 0. The molecule has 1 heterocycles. The second-order valence-electron chi connectivity index (χ2n) is 7.56. The highest BCUT2D eigenvalue weighted by atomic mass is 32.2. The van der Waals surface area contributed by atoms with Crippen molar-refractivity contribution in [2.45, 2.75) is 82.7 Å². The van der Waals surface area contributed by atoms with E-state index in [0.29, 0.717) is 30.3 Å². The van der Waals surface area contributed by atoms with Crippen LogP contribution in [0.15, 0.2) is 11.6 Å². The summed E-state index contributed by atoms with van der Waals surface area (Å²) < 4.78 is 16.8. The van der Waals surface area contributed by atoms with Crippen LogP contribution in [0, 0.1) is 5.92 Å². The molecule has 0 radical (unpaired) electrons. The van der Waals surface area contributed by atoms with E-state index in [4.69, 9.17) is 14.2 Å². The Kier molecular flexibility index (Phi) is 10.1. The molecule has 150 valence electrons. The van der Waals surface area contributed by atoms with E-state index in [1.54, 1.807) is 0 Å². The predicted octanol–water partition coefficient (Wildman–Crippen LogP) is 4.76. The van der Waals surface area contributed by atoms with Crippen molar-refractivity contribution in [2.75, 3.05) is 26.1 Å². The monoisotopic (exact) mass is 384 g/mol. The molecule has 1 aliphatic heterocycles. The van der Waals surface area contributed by atoms with Gasteiger partial charge in [0, 0.05) is 25.4 Å². The van der Waals surface area contributed by atoms with E-state index in [9.17, 15) is 4.79 Å². The summed E-state index contributed by atoms with van der Waals surface area (Å²) >= 11 is 2.03. The zero-order chi connectivity index (χ0) is 18.8. The summed E-state index contributed by atoms with van der Waals surface area (Å²) in [6, 6.07) is 0. The van der Waals surface area contributed by atoms with Gasteiger partial charge in [0.15, 0.2) is 0 Å². The van der Waals surface area contributed by atoms with Crippen LogP contribution in [0.2, 0.25) is 0 Å². The number of cyclic esters (lactones) is 1. The van der Waals surface area contributed by atoms with E-state index in [0.717, 1.165) is 44.5 Å². The van der Waals surface area contributed by atoms with Crippen molar-refractivity contribution in [1.29, 1.82) is 0 Å². The van der Waals surface area contributed by atoms with Gasteiger partial charge in [-0.3, -0.25) is 4.79 Å². The molecule has 1 saturated heterocycles. The minimum atomic E-state index is -0.0782. The summed E-state index contributed by atoms with van der Waals surface area (Å²) in [4.78, 5) is 11.2. The summed E-state index contributed by atoms with van der Waals surface area (Å²) in [5, 5.41) is 0.603. The molecule has 4 nitrogen and oxygen atoms in total. The average Bonchev–Trinajstić information content (AvgIpc) is 2.65. The van der Waals surface area contributed by atoms with Gasteiger partial charge in [0.1, 0.15) is 6.10 Å². The van der Waals surface area contributed by atoms with Gasteiger partial charge in [-0.15, -0.1) is 0 Å². The lowest BCUT2D eigenvalue weighted by molar-refractivity contribution is -0.157. The van der Waals surface area contributed by atoms with Gasteiger partial charge in [-0.1, -0.05) is 18.6 Å². The Labute approximate surface area is 163 Å². The van der Waals surface area contributed by atoms with Crippen LogP contribution in [-0.2, 0) is 19.0 Å². The maximum atomic E-state index is 11.2. The fraction of sp³-hybridized carbons (Fsp3) is 0.857. The van der Waals surface area contributed by atoms with E-state index in [-0.39, 0.29) is 12.1 Å². The number of carbonyl (C=O) groups is 1. The summed E-state index contributed by atoms with van der Waals surface area (Å²) in [7, 11) is 1.85. The summed E-state index contributed by atoms with van der Waals surface area (Å²) in [5.74, 6) is 1.70. The quantitative estimate of drug-likeness (QED) is 0.309. The van der Waals surface area contributed by atoms with Crippen LogP contribution in [0.3, 0.4) is 0 Å². The first-order valence-corrected chi connectivity index (χ1v) is 11.3. The molecule has 2 fully saturated rings. The number of rotatable bonds is 10. The average molecular weight is 385 g/mol. The van der Waals surface area contributed by atoms with Gasteiger partial charge in [0.2, 0.25) is 0 Å². The molecule has 0 N–H and O–H groups in total. The van der Waals surface area contributed by atoms with E-state index in [2.05, 4.69) is 19.9 Å². The molecule has 0 aromatic heterocycles. The van der Waals surface area contributed by atoms with Gasteiger partial charge in [0.25, 0.3) is 0 Å². The normalized spacial score (nSPS) is 30.3.